The topological polar surface area (TPSA) is 56.7 Å². The van der Waals surface area contributed by atoms with Crippen molar-refractivity contribution in [2.45, 2.75) is 25.9 Å². The number of carboxylic acid groups (broad SMARTS) is 1. The molecule has 1 aliphatic rings. The Morgan fingerprint density at radius 2 is 2.28 bits per heavy atom. The summed E-state index contributed by atoms with van der Waals surface area (Å²) in [5, 5.41) is 10.9. The fourth-order valence-corrected chi connectivity index (χ4v) is 2.83. The average Bonchev–Trinajstić information content (AvgIpc) is 2.72. The number of aromatic carboxylic acids is 1. The number of thiazole rings is 1. The summed E-state index contributed by atoms with van der Waals surface area (Å²) in [5.74, 6) is -0.940. The first-order valence-electron chi connectivity index (χ1n) is 6.00. The summed E-state index contributed by atoms with van der Waals surface area (Å²) in [6.45, 7) is 8.19. The fraction of sp³-hybridized carbons (Fsp3) is 0.667. The van der Waals surface area contributed by atoms with Crippen molar-refractivity contribution in [1.82, 2.24) is 14.8 Å². The van der Waals surface area contributed by atoms with Gasteiger partial charge < -0.3 is 5.11 Å². The van der Waals surface area contributed by atoms with Gasteiger partial charge in [0.1, 0.15) is 0 Å². The molecule has 0 saturated carbocycles. The van der Waals surface area contributed by atoms with Crippen LogP contribution in [-0.2, 0) is 6.54 Å². The van der Waals surface area contributed by atoms with Gasteiger partial charge in [-0.3, -0.25) is 9.80 Å². The van der Waals surface area contributed by atoms with Gasteiger partial charge in [0, 0.05) is 37.1 Å². The van der Waals surface area contributed by atoms with E-state index in [2.05, 4.69) is 35.7 Å². The fourth-order valence-electron chi connectivity index (χ4n) is 2.18. The van der Waals surface area contributed by atoms with E-state index in [0.717, 1.165) is 31.9 Å². The van der Waals surface area contributed by atoms with Gasteiger partial charge in [0.15, 0.2) is 0 Å². The van der Waals surface area contributed by atoms with Crippen LogP contribution in [0.4, 0.5) is 0 Å². The van der Waals surface area contributed by atoms with Crippen molar-refractivity contribution in [3.63, 3.8) is 0 Å². The number of hydrogen-bond donors (Lipinski definition) is 1. The van der Waals surface area contributed by atoms with Gasteiger partial charge in [-0.15, -0.1) is 11.3 Å². The SMILES string of the molecule is CN1CCN(Cc2csc(C(=O)O)n2)CC1(C)C. The average molecular weight is 269 g/mol. The molecule has 1 aromatic rings. The van der Waals surface area contributed by atoms with Crippen molar-refractivity contribution < 1.29 is 9.90 Å². The minimum atomic E-state index is -0.940. The molecule has 2 heterocycles. The third-order valence-corrected chi connectivity index (χ3v) is 4.39. The second-order valence-electron chi connectivity index (χ2n) is 5.39. The molecule has 6 heteroatoms. The van der Waals surface area contributed by atoms with Crippen LogP contribution in [0.3, 0.4) is 0 Å². The first-order valence-corrected chi connectivity index (χ1v) is 6.88. The number of aromatic nitrogens is 1. The maximum Gasteiger partial charge on any atom is 0.365 e. The Morgan fingerprint density at radius 3 is 2.83 bits per heavy atom. The van der Waals surface area contributed by atoms with Crippen molar-refractivity contribution >= 4 is 17.3 Å². The van der Waals surface area contributed by atoms with Gasteiger partial charge >= 0.3 is 5.97 Å². The molecule has 1 fully saturated rings. The highest BCUT2D eigenvalue weighted by atomic mass is 32.1. The molecule has 100 valence electrons. The minimum absolute atomic E-state index is 0.157. The van der Waals surface area contributed by atoms with Crippen LogP contribution in [0.5, 0.6) is 0 Å². The smallest absolute Gasteiger partial charge is 0.365 e. The molecule has 1 aliphatic heterocycles. The van der Waals surface area contributed by atoms with Crippen LogP contribution in [0.2, 0.25) is 0 Å². The van der Waals surface area contributed by atoms with Crippen molar-refractivity contribution in [2.75, 3.05) is 26.7 Å². The number of carboxylic acids is 1. The van der Waals surface area contributed by atoms with E-state index in [0.29, 0.717) is 0 Å². The Hall–Kier alpha value is -0.980. The largest absolute Gasteiger partial charge is 0.476 e. The Kier molecular flexibility index (Phi) is 3.70. The second kappa shape index (κ2) is 4.95. The molecule has 0 aromatic carbocycles. The quantitative estimate of drug-likeness (QED) is 0.898. The Bertz CT molecular complexity index is 444. The first-order chi connectivity index (χ1) is 8.38. The lowest BCUT2D eigenvalue weighted by Crippen LogP contribution is -2.57. The van der Waals surface area contributed by atoms with Crippen molar-refractivity contribution in [1.29, 1.82) is 0 Å². The lowest BCUT2D eigenvalue weighted by atomic mass is 10.00. The number of nitrogens with zero attached hydrogens (tertiary/aromatic N) is 3. The Balaban J connectivity index is 1.99. The summed E-state index contributed by atoms with van der Waals surface area (Å²) in [6.07, 6.45) is 0. The number of carbonyl (C=O) groups is 1. The van der Waals surface area contributed by atoms with E-state index in [4.69, 9.17) is 5.11 Å². The highest BCUT2D eigenvalue weighted by Crippen LogP contribution is 2.21. The molecule has 0 spiro atoms. The van der Waals surface area contributed by atoms with E-state index in [1.807, 2.05) is 5.38 Å². The van der Waals surface area contributed by atoms with E-state index in [1.165, 1.54) is 11.3 Å². The van der Waals surface area contributed by atoms with E-state index in [-0.39, 0.29) is 10.5 Å². The maximum absolute atomic E-state index is 10.8. The molecule has 1 saturated heterocycles. The summed E-state index contributed by atoms with van der Waals surface area (Å²) in [5.41, 5.74) is 1.02. The van der Waals surface area contributed by atoms with Crippen LogP contribution in [-0.4, -0.2) is 58.1 Å². The predicted molar refractivity (Wildman–Crippen MR) is 71.1 cm³/mol. The number of hydrogen-bond acceptors (Lipinski definition) is 5. The van der Waals surface area contributed by atoms with Crippen LogP contribution >= 0.6 is 11.3 Å². The molecule has 5 nitrogen and oxygen atoms in total. The minimum Gasteiger partial charge on any atom is -0.476 e. The van der Waals surface area contributed by atoms with E-state index in [1.54, 1.807) is 0 Å². The molecule has 2 rings (SSSR count). The molecule has 1 N–H and O–H groups in total. The molecule has 0 atom stereocenters. The van der Waals surface area contributed by atoms with Gasteiger partial charge in [0.25, 0.3) is 0 Å². The Labute approximate surface area is 111 Å². The van der Waals surface area contributed by atoms with Crippen molar-refractivity contribution in [2.24, 2.45) is 0 Å². The molecular formula is C12H19N3O2S. The van der Waals surface area contributed by atoms with Crippen LogP contribution in [0, 0.1) is 0 Å². The van der Waals surface area contributed by atoms with Crippen LogP contribution in [0.25, 0.3) is 0 Å². The monoisotopic (exact) mass is 269 g/mol. The summed E-state index contributed by atoms with van der Waals surface area (Å²) in [6, 6.07) is 0. The normalized spacial score (nSPS) is 21.1. The van der Waals surface area contributed by atoms with Crippen LogP contribution in [0.1, 0.15) is 29.3 Å². The molecule has 1 aromatic heterocycles. The zero-order valence-electron chi connectivity index (χ0n) is 11.0. The molecule has 0 unspecified atom stereocenters. The van der Waals surface area contributed by atoms with Gasteiger partial charge in [-0.1, -0.05) is 0 Å². The van der Waals surface area contributed by atoms with Crippen molar-refractivity contribution in [3.05, 3.63) is 16.1 Å². The predicted octanol–water partition coefficient (Wildman–Crippen LogP) is 1.37. The van der Waals surface area contributed by atoms with Crippen molar-refractivity contribution in [3.8, 4) is 0 Å². The van der Waals surface area contributed by atoms with Gasteiger partial charge in [-0.05, 0) is 20.9 Å². The summed E-state index contributed by atoms with van der Waals surface area (Å²) in [7, 11) is 2.14. The summed E-state index contributed by atoms with van der Waals surface area (Å²) < 4.78 is 0. The highest BCUT2D eigenvalue weighted by molar-refractivity contribution is 7.11. The van der Waals surface area contributed by atoms with E-state index < -0.39 is 5.97 Å². The van der Waals surface area contributed by atoms with Gasteiger partial charge in [0.2, 0.25) is 5.01 Å². The van der Waals surface area contributed by atoms with E-state index in [9.17, 15) is 4.79 Å². The molecule has 0 amide bonds. The standard InChI is InChI=1S/C12H19N3O2S/c1-12(2)8-15(5-4-14(12)3)6-9-7-18-10(13-9)11(16)17/h7H,4-6,8H2,1-3H3,(H,16,17). The summed E-state index contributed by atoms with van der Waals surface area (Å²) in [4.78, 5) is 19.6. The Morgan fingerprint density at radius 1 is 1.56 bits per heavy atom. The third kappa shape index (κ3) is 2.88. The maximum atomic E-state index is 10.8. The lowest BCUT2D eigenvalue weighted by Gasteiger charge is -2.45. The van der Waals surface area contributed by atoms with Crippen LogP contribution < -0.4 is 0 Å². The molecule has 0 aliphatic carbocycles. The second-order valence-corrected chi connectivity index (χ2v) is 6.25. The number of piperazine rings is 1. The third-order valence-electron chi connectivity index (χ3n) is 3.52. The first kappa shape index (κ1) is 13.5. The molecule has 0 bridgehead atoms. The molecule has 18 heavy (non-hydrogen) atoms. The van der Waals surface area contributed by atoms with Crippen LogP contribution in [0.15, 0.2) is 5.38 Å². The number of rotatable bonds is 3. The molecule has 0 radical (unpaired) electrons. The number of likely N-dealkylation sites (N-methyl/N-ethyl adjacent to an activating group) is 1. The highest BCUT2D eigenvalue weighted by Gasteiger charge is 2.31. The summed E-state index contributed by atoms with van der Waals surface area (Å²) >= 11 is 1.20. The van der Waals surface area contributed by atoms with Gasteiger partial charge in [-0.2, -0.15) is 0 Å². The van der Waals surface area contributed by atoms with Gasteiger partial charge in [-0.25, -0.2) is 9.78 Å². The van der Waals surface area contributed by atoms with E-state index >= 15 is 0 Å². The van der Waals surface area contributed by atoms with Gasteiger partial charge in [0.05, 0.1) is 5.69 Å². The zero-order valence-corrected chi connectivity index (χ0v) is 11.8. The zero-order chi connectivity index (χ0) is 13.3. The lowest BCUT2D eigenvalue weighted by molar-refractivity contribution is 0.0354. The molecular weight excluding hydrogens is 250 g/mol.